The van der Waals surface area contributed by atoms with Gasteiger partial charge in [-0.3, -0.25) is 4.79 Å². The molecule has 0 bridgehead atoms. The predicted octanol–water partition coefficient (Wildman–Crippen LogP) is 1.28. The van der Waals surface area contributed by atoms with Crippen molar-refractivity contribution < 1.29 is 9.53 Å². The molecule has 0 aromatic carbocycles. The van der Waals surface area contributed by atoms with E-state index < -0.39 is 0 Å². The Morgan fingerprint density at radius 1 is 1.41 bits per heavy atom. The minimum absolute atomic E-state index is 0.157. The quantitative estimate of drug-likeness (QED) is 0.808. The van der Waals surface area contributed by atoms with Gasteiger partial charge in [0.05, 0.1) is 6.10 Å². The second-order valence-electron chi connectivity index (χ2n) is 5.31. The van der Waals surface area contributed by atoms with Crippen LogP contribution in [0.3, 0.4) is 0 Å². The normalized spacial score (nSPS) is 34.0. The van der Waals surface area contributed by atoms with Crippen LogP contribution in [0.5, 0.6) is 0 Å². The van der Waals surface area contributed by atoms with E-state index in [1.807, 2.05) is 11.8 Å². The second-order valence-corrected chi connectivity index (χ2v) is 5.31. The zero-order chi connectivity index (χ0) is 12.3. The van der Waals surface area contributed by atoms with Gasteiger partial charge in [0.1, 0.15) is 0 Å². The number of nitrogens with zero attached hydrogens (tertiary/aromatic N) is 1. The van der Waals surface area contributed by atoms with Gasteiger partial charge in [-0.05, 0) is 39.0 Å². The van der Waals surface area contributed by atoms with Crippen LogP contribution in [0.25, 0.3) is 0 Å². The first-order chi connectivity index (χ1) is 8.18. The zero-order valence-electron chi connectivity index (χ0n) is 10.7. The first-order valence-electron chi connectivity index (χ1n) is 6.85. The SMILES string of the molecule is CC1C(N)CCN1C(=O)CCC1CCCCO1. The van der Waals surface area contributed by atoms with Crippen LogP contribution in [-0.4, -0.2) is 42.1 Å². The molecule has 2 heterocycles. The second kappa shape index (κ2) is 5.83. The van der Waals surface area contributed by atoms with Gasteiger partial charge in [0, 0.05) is 31.7 Å². The van der Waals surface area contributed by atoms with Gasteiger partial charge in [0.25, 0.3) is 0 Å². The van der Waals surface area contributed by atoms with Crippen LogP contribution >= 0.6 is 0 Å². The molecule has 2 aliphatic heterocycles. The lowest BCUT2D eigenvalue weighted by molar-refractivity contribution is -0.132. The maximum Gasteiger partial charge on any atom is 0.222 e. The van der Waals surface area contributed by atoms with Crippen LogP contribution in [0.1, 0.15) is 45.4 Å². The average molecular weight is 240 g/mol. The highest BCUT2D eigenvalue weighted by molar-refractivity contribution is 5.77. The summed E-state index contributed by atoms with van der Waals surface area (Å²) in [5.41, 5.74) is 5.93. The van der Waals surface area contributed by atoms with Crippen molar-refractivity contribution in [1.29, 1.82) is 0 Å². The van der Waals surface area contributed by atoms with Gasteiger partial charge in [-0.2, -0.15) is 0 Å². The molecule has 0 aromatic heterocycles. The van der Waals surface area contributed by atoms with Crippen molar-refractivity contribution in [2.24, 2.45) is 5.73 Å². The number of nitrogens with two attached hydrogens (primary N) is 1. The standard InChI is InChI=1S/C13H24N2O2/c1-10-12(14)7-8-15(10)13(16)6-5-11-4-2-3-9-17-11/h10-12H,2-9,14H2,1H3. The molecule has 0 spiro atoms. The lowest BCUT2D eigenvalue weighted by atomic mass is 10.0. The first-order valence-corrected chi connectivity index (χ1v) is 6.85. The van der Waals surface area contributed by atoms with Gasteiger partial charge in [0.15, 0.2) is 0 Å². The fraction of sp³-hybridized carbons (Fsp3) is 0.923. The maximum absolute atomic E-state index is 12.1. The molecule has 2 aliphatic rings. The largest absolute Gasteiger partial charge is 0.378 e. The van der Waals surface area contributed by atoms with Gasteiger partial charge in [-0.1, -0.05) is 0 Å². The zero-order valence-corrected chi connectivity index (χ0v) is 10.7. The van der Waals surface area contributed by atoms with E-state index in [1.165, 1.54) is 12.8 Å². The van der Waals surface area contributed by atoms with Gasteiger partial charge >= 0.3 is 0 Å². The molecule has 4 nitrogen and oxygen atoms in total. The molecule has 0 radical (unpaired) electrons. The third kappa shape index (κ3) is 3.19. The summed E-state index contributed by atoms with van der Waals surface area (Å²) in [7, 11) is 0. The first kappa shape index (κ1) is 12.8. The Hall–Kier alpha value is -0.610. The molecule has 1 amide bonds. The van der Waals surface area contributed by atoms with Gasteiger partial charge in [0.2, 0.25) is 5.91 Å². The Morgan fingerprint density at radius 2 is 2.24 bits per heavy atom. The highest BCUT2D eigenvalue weighted by Gasteiger charge is 2.31. The smallest absolute Gasteiger partial charge is 0.222 e. The summed E-state index contributed by atoms with van der Waals surface area (Å²) >= 11 is 0. The lowest BCUT2D eigenvalue weighted by Gasteiger charge is -2.26. The van der Waals surface area contributed by atoms with Crippen LogP contribution in [0.2, 0.25) is 0 Å². The highest BCUT2D eigenvalue weighted by atomic mass is 16.5. The summed E-state index contributed by atoms with van der Waals surface area (Å²) in [4.78, 5) is 14.0. The summed E-state index contributed by atoms with van der Waals surface area (Å²) in [5.74, 6) is 0.250. The fourth-order valence-corrected chi connectivity index (χ4v) is 2.78. The van der Waals surface area contributed by atoms with E-state index in [9.17, 15) is 4.79 Å². The molecule has 3 atom stereocenters. The van der Waals surface area contributed by atoms with Crippen molar-refractivity contribution in [2.75, 3.05) is 13.2 Å². The summed E-state index contributed by atoms with van der Waals surface area (Å²) < 4.78 is 5.64. The van der Waals surface area contributed by atoms with E-state index in [2.05, 4.69) is 0 Å². The number of hydrogen-bond donors (Lipinski definition) is 1. The van der Waals surface area contributed by atoms with Gasteiger partial charge in [-0.25, -0.2) is 0 Å². The van der Waals surface area contributed by atoms with Crippen molar-refractivity contribution in [3.63, 3.8) is 0 Å². The molecule has 0 aliphatic carbocycles. The van der Waals surface area contributed by atoms with E-state index in [0.29, 0.717) is 12.5 Å². The molecule has 2 N–H and O–H groups in total. The van der Waals surface area contributed by atoms with E-state index in [4.69, 9.17) is 10.5 Å². The van der Waals surface area contributed by atoms with Crippen molar-refractivity contribution >= 4 is 5.91 Å². The topological polar surface area (TPSA) is 55.6 Å². The number of amides is 1. The molecule has 17 heavy (non-hydrogen) atoms. The molecule has 4 heteroatoms. The van der Waals surface area contributed by atoms with Crippen LogP contribution in [0.15, 0.2) is 0 Å². The Morgan fingerprint density at radius 3 is 2.82 bits per heavy atom. The van der Waals surface area contributed by atoms with Crippen molar-refractivity contribution in [3.05, 3.63) is 0 Å². The summed E-state index contributed by atoms with van der Waals surface area (Å²) in [5, 5.41) is 0. The van der Waals surface area contributed by atoms with Gasteiger partial charge in [-0.15, -0.1) is 0 Å². The molecule has 2 fully saturated rings. The third-order valence-corrected chi connectivity index (χ3v) is 4.09. The van der Waals surface area contributed by atoms with Crippen LogP contribution in [0.4, 0.5) is 0 Å². The van der Waals surface area contributed by atoms with Gasteiger partial charge < -0.3 is 15.4 Å². The fourth-order valence-electron chi connectivity index (χ4n) is 2.78. The van der Waals surface area contributed by atoms with E-state index in [0.717, 1.165) is 32.4 Å². The minimum Gasteiger partial charge on any atom is -0.378 e. The predicted molar refractivity (Wildman–Crippen MR) is 66.6 cm³/mol. The number of carbonyl (C=O) groups is 1. The monoisotopic (exact) mass is 240 g/mol. The van der Waals surface area contributed by atoms with E-state index in [1.54, 1.807) is 0 Å². The highest BCUT2D eigenvalue weighted by Crippen LogP contribution is 2.20. The van der Waals surface area contributed by atoms with Crippen molar-refractivity contribution in [2.45, 2.75) is 63.6 Å². The van der Waals surface area contributed by atoms with Crippen LogP contribution in [-0.2, 0) is 9.53 Å². The Labute approximate surface area is 103 Å². The number of rotatable bonds is 3. The maximum atomic E-state index is 12.1. The average Bonchev–Trinajstić information content (AvgIpc) is 2.69. The molecular formula is C13H24N2O2. The summed E-state index contributed by atoms with van der Waals surface area (Å²) in [6, 6.07) is 0.361. The van der Waals surface area contributed by atoms with Crippen LogP contribution in [0, 0.1) is 0 Å². The summed E-state index contributed by atoms with van der Waals surface area (Å²) in [6.45, 7) is 3.74. The molecule has 2 rings (SSSR count). The number of ether oxygens (including phenoxy) is 1. The molecule has 0 aromatic rings. The van der Waals surface area contributed by atoms with Crippen molar-refractivity contribution in [3.8, 4) is 0 Å². The number of carbonyl (C=O) groups excluding carboxylic acids is 1. The number of hydrogen-bond acceptors (Lipinski definition) is 3. The van der Waals surface area contributed by atoms with Crippen LogP contribution < -0.4 is 5.73 Å². The molecule has 98 valence electrons. The Kier molecular flexibility index (Phi) is 4.40. The Balaban J connectivity index is 1.73. The Bertz CT molecular complexity index is 264. The van der Waals surface area contributed by atoms with Crippen molar-refractivity contribution in [1.82, 2.24) is 4.90 Å². The molecule has 2 saturated heterocycles. The van der Waals surface area contributed by atoms with E-state index >= 15 is 0 Å². The minimum atomic E-state index is 0.157. The third-order valence-electron chi connectivity index (χ3n) is 4.09. The molecule has 3 unspecified atom stereocenters. The number of likely N-dealkylation sites (tertiary alicyclic amines) is 1. The lowest BCUT2D eigenvalue weighted by Crippen LogP contribution is -2.40. The van der Waals surface area contributed by atoms with E-state index in [-0.39, 0.29) is 18.0 Å². The summed E-state index contributed by atoms with van der Waals surface area (Å²) in [6.07, 6.45) is 6.25. The molecule has 0 saturated carbocycles. The molecular weight excluding hydrogens is 216 g/mol.